The molecule has 116 valence electrons. The number of aryl methyl sites for hydroxylation is 2. The zero-order chi connectivity index (χ0) is 15.8. The molecule has 0 unspecified atom stereocenters. The molecule has 7 heteroatoms. The van der Waals surface area contributed by atoms with Gasteiger partial charge in [0.2, 0.25) is 0 Å². The number of carbonyl (C=O) groups is 2. The Morgan fingerprint density at radius 1 is 1.24 bits per heavy atom. The van der Waals surface area contributed by atoms with Crippen molar-refractivity contribution in [2.45, 2.75) is 34.2 Å². The second kappa shape index (κ2) is 8.08. The fraction of sp³-hybridized carbons (Fsp3) is 0.500. The van der Waals surface area contributed by atoms with Crippen LogP contribution in [0.25, 0.3) is 0 Å². The molecule has 7 nitrogen and oxygen atoms in total. The van der Waals surface area contributed by atoms with Crippen molar-refractivity contribution in [2.75, 3.05) is 18.5 Å². The summed E-state index contributed by atoms with van der Waals surface area (Å²) in [4.78, 5) is 23.6. The SMILES string of the molecule is CCOC(=O)C(=CNc1cc(C)nn1CC)C(=O)OCC. The summed E-state index contributed by atoms with van der Waals surface area (Å²) in [6.45, 7) is 8.17. The van der Waals surface area contributed by atoms with E-state index >= 15 is 0 Å². The van der Waals surface area contributed by atoms with E-state index in [0.717, 1.165) is 5.69 Å². The molecule has 21 heavy (non-hydrogen) atoms. The van der Waals surface area contributed by atoms with Crippen LogP contribution in [0.3, 0.4) is 0 Å². The first-order chi connectivity index (χ1) is 10.0. The number of rotatable bonds is 7. The van der Waals surface area contributed by atoms with E-state index in [4.69, 9.17) is 9.47 Å². The molecule has 0 aliphatic rings. The molecule has 0 bridgehead atoms. The molecule has 1 N–H and O–H groups in total. The van der Waals surface area contributed by atoms with Gasteiger partial charge in [-0.2, -0.15) is 5.10 Å². The number of ether oxygens (including phenoxy) is 2. The zero-order valence-corrected chi connectivity index (χ0v) is 12.8. The van der Waals surface area contributed by atoms with Gasteiger partial charge in [0.1, 0.15) is 5.82 Å². The van der Waals surface area contributed by atoms with E-state index in [1.54, 1.807) is 18.5 Å². The molecule has 1 heterocycles. The lowest BCUT2D eigenvalue weighted by Gasteiger charge is -2.08. The van der Waals surface area contributed by atoms with Gasteiger partial charge < -0.3 is 14.8 Å². The first-order valence-corrected chi connectivity index (χ1v) is 6.88. The van der Waals surface area contributed by atoms with Gasteiger partial charge in [0.05, 0.1) is 18.9 Å². The Labute approximate surface area is 123 Å². The average Bonchev–Trinajstić information content (AvgIpc) is 2.80. The number of nitrogens with one attached hydrogen (secondary N) is 1. The van der Waals surface area contributed by atoms with Gasteiger partial charge in [-0.15, -0.1) is 0 Å². The van der Waals surface area contributed by atoms with E-state index in [1.807, 2.05) is 19.9 Å². The van der Waals surface area contributed by atoms with Gasteiger partial charge in [-0.25, -0.2) is 14.3 Å². The summed E-state index contributed by atoms with van der Waals surface area (Å²) in [7, 11) is 0. The molecule has 0 aliphatic carbocycles. The maximum absolute atomic E-state index is 11.8. The highest BCUT2D eigenvalue weighted by Gasteiger charge is 2.21. The van der Waals surface area contributed by atoms with Crippen molar-refractivity contribution >= 4 is 17.8 Å². The third-order valence-electron chi connectivity index (χ3n) is 2.56. The summed E-state index contributed by atoms with van der Waals surface area (Å²) in [5, 5.41) is 7.16. The van der Waals surface area contributed by atoms with E-state index in [1.165, 1.54) is 6.20 Å². The van der Waals surface area contributed by atoms with E-state index in [-0.39, 0.29) is 18.8 Å². The lowest BCUT2D eigenvalue weighted by atomic mass is 10.3. The minimum Gasteiger partial charge on any atom is -0.462 e. The van der Waals surface area contributed by atoms with E-state index < -0.39 is 11.9 Å². The number of nitrogens with zero attached hydrogens (tertiary/aromatic N) is 2. The largest absolute Gasteiger partial charge is 0.462 e. The molecule has 0 aromatic carbocycles. The van der Waals surface area contributed by atoms with Gasteiger partial charge >= 0.3 is 11.9 Å². The van der Waals surface area contributed by atoms with Crippen LogP contribution in [-0.4, -0.2) is 34.9 Å². The molecule has 1 aromatic rings. The van der Waals surface area contributed by atoms with Crippen molar-refractivity contribution in [3.05, 3.63) is 23.5 Å². The number of anilines is 1. The summed E-state index contributed by atoms with van der Waals surface area (Å²) >= 11 is 0. The predicted octanol–water partition coefficient (Wildman–Crippen LogP) is 1.63. The molecule has 0 saturated carbocycles. The Morgan fingerprint density at radius 3 is 2.29 bits per heavy atom. The van der Waals surface area contributed by atoms with E-state index in [2.05, 4.69) is 10.4 Å². The first-order valence-electron chi connectivity index (χ1n) is 6.88. The van der Waals surface area contributed by atoms with Gasteiger partial charge in [0.15, 0.2) is 5.57 Å². The molecule has 1 aromatic heterocycles. The van der Waals surface area contributed by atoms with Crippen LogP contribution in [0, 0.1) is 6.92 Å². The molecule has 0 spiro atoms. The molecule has 1 rings (SSSR count). The summed E-state index contributed by atoms with van der Waals surface area (Å²) in [6.07, 6.45) is 1.29. The predicted molar refractivity (Wildman–Crippen MR) is 77.6 cm³/mol. The Morgan fingerprint density at radius 2 is 1.81 bits per heavy atom. The molecular weight excluding hydrogens is 274 g/mol. The second-order valence-corrected chi connectivity index (χ2v) is 4.13. The fourth-order valence-electron chi connectivity index (χ4n) is 1.67. The van der Waals surface area contributed by atoms with E-state index in [0.29, 0.717) is 12.4 Å². The lowest BCUT2D eigenvalue weighted by Crippen LogP contribution is -2.19. The number of aromatic nitrogens is 2. The third-order valence-corrected chi connectivity index (χ3v) is 2.56. The summed E-state index contributed by atoms with van der Waals surface area (Å²) in [6, 6.07) is 1.81. The maximum Gasteiger partial charge on any atom is 0.347 e. The van der Waals surface area contributed by atoms with Crippen molar-refractivity contribution in [2.24, 2.45) is 0 Å². The van der Waals surface area contributed by atoms with Crippen molar-refractivity contribution in [3.8, 4) is 0 Å². The Kier molecular flexibility index (Phi) is 6.45. The van der Waals surface area contributed by atoms with Crippen LogP contribution in [0.2, 0.25) is 0 Å². The topological polar surface area (TPSA) is 82.5 Å². The molecule has 0 atom stereocenters. The minimum absolute atomic E-state index is 0.180. The number of esters is 2. The molecule has 0 saturated heterocycles. The van der Waals surface area contributed by atoms with Crippen molar-refractivity contribution in [1.29, 1.82) is 0 Å². The lowest BCUT2D eigenvalue weighted by molar-refractivity contribution is -0.146. The van der Waals surface area contributed by atoms with Gasteiger partial charge in [-0.1, -0.05) is 0 Å². The molecule has 0 amide bonds. The maximum atomic E-state index is 11.8. The van der Waals surface area contributed by atoms with E-state index in [9.17, 15) is 9.59 Å². The van der Waals surface area contributed by atoms with Crippen LogP contribution in [-0.2, 0) is 25.6 Å². The number of hydrogen-bond acceptors (Lipinski definition) is 6. The zero-order valence-electron chi connectivity index (χ0n) is 12.8. The highest BCUT2D eigenvalue weighted by atomic mass is 16.6. The highest BCUT2D eigenvalue weighted by molar-refractivity contribution is 6.14. The van der Waals surface area contributed by atoms with Crippen molar-refractivity contribution < 1.29 is 19.1 Å². The third kappa shape index (κ3) is 4.62. The van der Waals surface area contributed by atoms with Crippen molar-refractivity contribution in [3.63, 3.8) is 0 Å². The molecule has 0 fully saturated rings. The quantitative estimate of drug-likeness (QED) is 0.356. The van der Waals surface area contributed by atoms with Gasteiger partial charge in [0, 0.05) is 18.8 Å². The second-order valence-electron chi connectivity index (χ2n) is 4.13. The van der Waals surface area contributed by atoms with Crippen LogP contribution in [0.15, 0.2) is 17.8 Å². The van der Waals surface area contributed by atoms with Crippen LogP contribution < -0.4 is 5.32 Å². The highest BCUT2D eigenvalue weighted by Crippen LogP contribution is 2.11. The van der Waals surface area contributed by atoms with Crippen LogP contribution in [0.1, 0.15) is 26.5 Å². The Balaban J connectivity index is 2.96. The summed E-state index contributed by atoms with van der Waals surface area (Å²) < 4.78 is 11.4. The first kappa shape index (κ1) is 16.7. The van der Waals surface area contributed by atoms with Crippen LogP contribution in [0.5, 0.6) is 0 Å². The normalized spacial score (nSPS) is 9.90. The molecule has 0 radical (unpaired) electrons. The summed E-state index contributed by atoms with van der Waals surface area (Å²) in [5.41, 5.74) is 0.654. The standard InChI is InChI=1S/C14H21N3O4/c1-5-17-12(8-10(4)16-17)15-9-11(13(18)20-6-2)14(19)21-7-3/h8-9,15H,5-7H2,1-4H3. The Bertz CT molecular complexity index is 514. The van der Waals surface area contributed by atoms with Crippen LogP contribution >= 0.6 is 0 Å². The number of carbonyl (C=O) groups excluding carboxylic acids is 2. The smallest absolute Gasteiger partial charge is 0.347 e. The van der Waals surface area contributed by atoms with Crippen LogP contribution in [0.4, 0.5) is 5.82 Å². The van der Waals surface area contributed by atoms with Gasteiger partial charge in [-0.05, 0) is 27.7 Å². The monoisotopic (exact) mass is 295 g/mol. The molecule has 0 aliphatic heterocycles. The average molecular weight is 295 g/mol. The van der Waals surface area contributed by atoms with Gasteiger partial charge in [0.25, 0.3) is 0 Å². The number of hydrogen-bond donors (Lipinski definition) is 1. The van der Waals surface area contributed by atoms with Crippen molar-refractivity contribution in [1.82, 2.24) is 9.78 Å². The molecular formula is C14H21N3O4. The minimum atomic E-state index is -0.720. The van der Waals surface area contributed by atoms with Gasteiger partial charge in [-0.3, -0.25) is 0 Å². The fourth-order valence-corrected chi connectivity index (χ4v) is 1.67. The summed E-state index contributed by atoms with van der Waals surface area (Å²) in [5.74, 6) is -0.758. The Hall–Kier alpha value is -2.31.